The third-order valence-electron chi connectivity index (χ3n) is 4.99. The number of rotatable bonds is 6. The highest BCUT2D eigenvalue weighted by Gasteiger charge is 2.17. The first kappa shape index (κ1) is 21.6. The fourth-order valence-electron chi connectivity index (χ4n) is 3.44. The number of imidazole rings is 1. The number of aliphatic hydroxyl groups excluding tert-OH is 1. The Bertz CT molecular complexity index is 1320. The van der Waals surface area contributed by atoms with Gasteiger partial charge in [-0.2, -0.15) is 0 Å². The van der Waals surface area contributed by atoms with E-state index in [2.05, 4.69) is 52.1 Å². The highest BCUT2D eigenvalue weighted by atomic mass is 79.9. The van der Waals surface area contributed by atoms with Crippen LogP contribution in [0, 0.1) is 6.92 Å². The fourth-order valence-corrected chi connectivity index (χ4v) is 4.57. The number of pyridine rings is 1. The van der Waals surface area contributed by atoms with Crippen molar-refractivity contribution in [3.05, 3.63) is 73.0 Å². The molecule has 160 valence electrons. The molecule has 7 nitrogen and oxygen atoms in total. The average Bonchev–Trinajstić information content (AvgIpc) is 3.15. The molecule has 4 aromatic rings. The second-order valence-electron chi connectivity index (χ2n) is 7.09. The number of hydrogen-bond donors (Lipinski definition) is 4. The van der Waals surface area contributed by atoms with Gasteiger partial charge < -0.3 is 25.1 Å². The van der Waals surface area contributed by atoms with Gasteiger partial charge in [0.2, 0.25) is 0 Å². The van der Waals surface area contributed by atoms with E-state index in [-0.39, 0.29) is 12.1 Å². The van der Waals surface area contributed by atoms with Crippen LogP contribution in [0.5, 0.6) is 5.75 Å². The zero-order valence-electron chi connectivity index (χ0n) is 16.8. The third kappa shape index (κ3) is 4.39. The Morgan fingerprint density at radius 2 is 2.03 bits per heavy atom. The van der Waals surface area contributed by atoms with Crippen LogP contribution in [-0.4, -0.2) is 33.7 Å². The molecule has 4 rings (SSSR count). The van der Waals surface area contributed by atoms with Crippen molar-refractivity contribution in [2.45, 2.75) is 13.0 Å². The van der Waals surface area contributed by atoms with E-state index in [1.165, 1.54) is 0 Å². The highest BCUT2D eigenvalue weighted by molar-refractivity contribution is 9.10. The Labute approximate surface area is 195 Å². The Morgan fingerprint density at radius 1 is 1.23 bits per heavy atom. The van der Waals surface area contributed by atoms with Gasteiger partial charge >= 0.3 is 0 Å². The van der Waals surface area contributed by atoms with Crippen LogP contribution >= 0.6 is 31.9 Å². The summed E-state index contributed by atoms with van der Waals surface area (Å²) in [5.74, 6) is 1.15. The van der Waals surface area contributed by atoms with Gasteiger partial charge in [-0.25, -0.2) is 4.98 Å². The normalized spacial score (nSPS) is 12.2. The van der Waals surface area contributed by atoms with Gasteiger partial charge in [0, 0.05) is 17.2 Å². The molecule has 1 atom stereocenters. The van der Waals surface area contributed by atoms with Gasteiger partial charge in [-0.3, -0.25) is 4.79 Å². The zero-order chi connectivity index (χ0) is 22.1. The Hall–Kier alpha value is -2.62. The van der Waals surface area contributed by atoms with Gasteiger partial charge in [0.15, 0.2) is 0 Å². The number of ether oxygens (including phenoxy) is 1. The van der Waals surface area contributed by atoms with Crippen LogP contribution in [0.15, 0.2) is 56.3 Å². The third-order valence-corrected chi connectivity index (χ3v) is 6.06. The first-order valence-electron chi connectivity index (χ1n) is 9.50. The van der Waals surface area contributed by atoms with Crippen LogP contribution in [0.25, 0.3) is 22.4 Å². The van der Waals surface area contributed by atoms with E-state index >= 15 is 0 Å². The van der Waals surface area contributed by atoms with Crippen LogP contribution in [0.4, 0.5) is 5.69 Å². The fraction of sp³-hybridized carbons (Fsp3) is 0.182. The van der Waals surface area contributed by atoms with E-state index in [1.807, 2.05) is 25.1 Å². The van der Waals surface area contributed by atoms with Crippen molar-refractivity contribution in [1.29, 1.82) is 0 Å². The van der Waals surface area contributed by atoms with Crippen LogP contribution in [0.3, 0.4) is 0 Å². The molecule has 0 amide bonds. The maximum absolute atomic E-state index is 12.7. The average molecular weight is 548 g/mol. The molecule has 0 aliphatic carbocycles. The quantitative estimate of drug-likeness (QED) is 0.275. The lowest BCUT2D eigenvalue weighted by atomic mass is 10.1. The van der Waals surface area contributed by atoms with Gasteiger partial charge in [-0.15, -0.1) is 0 Å². The summed E-state index contributed by atoms with van der Waals surface area (Å²) in [7, 11) is 1.59. The maximum Gasteiger partial charge on any atom is 0.261 e. The monoisotopic (exact) mass is 546 g/mol. The number of aromatic amines is 2. The number of halogens is 2. The molecule has 2 heterocycles. The summed E-state index contributed by atoms with van der Waals surface area (Å²) in [5.41, 5.74) is 4.03. The number of aliphatic hydroxyl groups is 1. The Morgan fingerprint density at radius 3 is 2.77 bits per heavy atom. The molecule has 0 spiro atoms. The number of anilines is 1. The molecule has 2 aromatic heterocycles. The minimum absolute atomic E-state index is 0.208. The van der Waals surface area contributed by atoms with Crippen LogP contribution in [-0.2, 0) is 0 Å². The molecular weight excluding hydrogens is 528 g/mol. The van der Waals surface area contributed by atoms with Gasteiger partial charge in [0.25, 0.3) is 5.56 Å². The molecule has 0 saturated heterocycles. The lowest BCUT2D eigenvalue weighted by Gasteiger charge is -2.16. The number of hydrogen-bond acceptors (Lipinski definition) is 5. The molecule has 4 N–H and O–H groups in total. The summed E-state index contributed by atoms with van der Waals surface area (Å²) in [6, 6.07) is 11.1. The van der Waals surface area contributed by atoms with E-state index in [4.69, 9.17) is 4.74 Å². The number of fused-ring (bicyclic) bond motifs is 1. The summed E-state index contributed by atoms with van der Waals surface area (Å²) >= 11 is 6.92. The molecule has 0 bridgehead atoms. The molecule has 2 aromatic carbocycles. The second-order valence-corrected chi connectivity index (χ2v) is 8.86. The standard InChI is InChI=1S/C22H20Br2N4O3/c1-11-7-13(23)9-16-20(11)28-21(27-16)19-15(5-6-25-22(19)30)26-10-17(29)12-3-4-18(31-2)14(24)8-12/h3-9,17,29H,10H2,1-2H3,(H,27,28)(H2,25,26,30). The molecule has 9 heteroatoms. The minimum atomic E-state index is -0.789. The lowest BCUT2D eigenvalue weighted by Crippen LogP contribution is -2.17. The number of aryl methyl sites for hydroxylation is 1. The number of aromatic nitrogens is 3. The summed E-state index contributed by atoms with van der Waals surface area (Å²) < 4.78 is 6.92. The molecule has 0 saturated carbocycles. The largest absolute Gasteiger partial charge is 0.496 e. The first-order chi connectivity index (χ1) is 14.9. The van der Waals surface area contributed by atoms with Crippen molar-refractivity contribution in [2.75, 3.05) is 19.0 Å². The van der Waals surface area contributed by atoms with E-state index in [0.717, 1.165) is 31.1 Å². The second kappa shape index (κ2) is 8.86. The van der Waals surface area contributed by atoms with E-state index in [1.54, 1.807) is 31.5 Å². The molecule has 1 unspecified atom stereocenters. The number of nitrogens with zero attached hydrogens (tertiary/aromatic N) is 1. The number of methoxy groups -OCH3 is 1. The van der Waals surface area contributed by atoms with Crippen molar-refractivity contribution < 1.29 is 9.84 Å². The molecule has 0 radical (unpaired) electrons. The van der Waals surface area contributed by atoms with Gasteiger partial charge in [0.05, 0.1) is 34.4 Å². The predicted molar refractivity (Wildman–Crippen MR) is 129 cm³/mol. The first-order valence-corrected chi connectivity index (χ1v) is 11.1. The maximum atomic E-state index is 12.7. The molecule has 0 aliphatic heterocycles. The topological polar surface area (TPSA) is 103 Å². The van der Waals surface area contributed by atoms with Crippen molar-refractivity contribution in [2.24, 2.45) is 0 Å². The van der Waals surface area contributed by atoms with Crippen molar-refractivity contribution in [1.82, 2.24) is 15.0 Å². The molecule has 0 fully saturated rings. The SMILES string of the molecule is COc1ccc(C(O)CNc2cc[nH]c(=O)c2-c2nc3c(C)cc(Br)cc3[nH]2)cc1Br. The van der Waals surface area contributed by atoms with Crippen molar-refractivity contribution in [3.8, 4) is 17.1 Å². The molecule has 0 aliphatic rings. The molecule has 31 heavy (non-hydrogen) atoms. The van der Waals surface area contributed by atoms with Crippen LogP contribution in [0.2, 0.25) is 0 Å². The smallest absolute Gasteiger partial charge is 0.261 e. The molecular formula is C22H20Br2N4O3. The summed E-state index contributed by atoms with van der Waals surface area (Å²) in [6.07, 6.45) is 0.776. The van der Waals surface area contributed by atoms with Gasteiger partial charge in [0.1, 0.15) is 17.1 Å². The van der Waals surface area contributed by atoms with Gasteiger partial charge in [-0.1, -0.05) is 22.0 Å². The Balaban J connectivity index is 1.64. The Kier molecular flexibility index (Phi) is 6.17. The van der Waals surface area contributed by atoms with E-state index < -0.39 is 6.10 Å². The summed E-state index contributed by atoms with van der Waals surface area (Å²) in [5, 5.41) is 13.8. The summed E-state index contributed by atoms with van der Waals surface area (Å²) in [6.45, 7) is 2.18. The van der Waals surface area contributed by atoms with Gasteiger partial charge in [-0.05, 0) is 64.3 Å². The zero-order valence-corrected chi connectivity index (χ0v) is 20.0. The van der Waals surface area contributed by atoms with Crippen LogP contribution < -0.4 is 15.6 Å². The number of H-pyrrole nitrogens is 2. The number of benzene rings is 2. The van der Waals surface area contributed by atoms with E-state index in [0.29, 0.717) is 22.8 Å². The predicted octanol–water partition coefficient (Wildman–Crippen LogP) is 4.91. The van der Waals surface area contributed by atoms with E-state index in [9.17, 15) is 9.90 Å². The minimum Gasteiger partial charge on any atom is -0.496 e. The summed E-state index contributed by atoms with van der Waals surface area (Å²) in [4.78, 5) is 23.2. The highest BCUT2D eigenvalue weighted by Crippen LogP contribution is 2.30. The van der Waals surface area contributed by atoms with Crippen molar-refractivity contribution >= 4 is 48.6 Å². The number of nitrogens with one attached hydrogen (secondary N) is 3. The lowest BCUT2D eigenvalue weighted by molar-refractivity contribution is 0.191. The van der Waals surface area contributed by atoms with Crippen molar-refractivity contribution in [3.63, 3.8) is 0 Å². The van der Waals surface area contributed by atoms with Crippen LogP contribution in [0.1, 0.15) is 17.2 Å².